The third kappa shape index (κ3) is 4.52. The predicted octanol–water partition coefficient (Wildman–Crippen LogP) is 5.30. The second-order valence-corrected chi connectivity index (χ2v) is 7.28. The minimum absolute atomic E-state index is 0.0357. The second-order valence-electron chi connectivity index (χ2n) is 7.28. The van der Waals surface area contributed by atoms with Crippen LogP contribution in [0.1, 0.15) is 53.7 Å². The Balaban J connectivity index is 2.13. The van der Waals surface area contributed by atoms with Crippen molar-refractivity contribution in [3.8, 4) is 11.5 Å². The number of carboxylic acids is 1. The topological polar surface area (TPSA) is 88.8 Å². The van der Waals surface area contributed by atoms with Crippen molar-refractivity contribution in [3.63, 3.8) is 0 Å². The number of aliphatic carboxylic acids is 1. The number of phenolic OH excluding ortho intramolecular Hbond substituents is 1. The average molecular weight is 431 g/mol. The monoisotopic (exact) mass is 431 g/mol. The molecule has 164 valence electrons. The molecule has 1 aromatic heterocycles. The molecule has 1 heterocycles. The minimum Gasteiger partial charge on any atom is -0.508 e. The molecule has 1 atom stereocenters. The summed E-state index contributed by atoms with van der Waals surface area (Å²) in [6, 6.07) is 9.74. The quantitative estimate of drug-likeness (QED) is 0.505. The number of carbonyl (C=O) groups is 2. The lowest BCUT2D eigenvalue weighted by molar-refractivity contribution is -0.139. The van der Waals surface area contributed by atoms with Crippen LogP contribution in [0.5, 0.6) is 11.5 Å². The molecule has 0 saturated carbocycles. The van der Waals surface area contributed by atoms with Crippen LogP contribution in [-0.2, 0) is 4.79 Å². The van der Waals surface area contributed by atoms with Crippen LogP contribution in [0.2, 0.25) is 0 Å². The highest BCUT2D eigenvalue weighted by molar-refractivity contribution is 6.05. The molecule has 2 aromatic carbocycles. The lowest BCUT2D eigenvalue weighted by Gasteiger charge is -2.14. The number of ether oxygens (including phenoxy) is 1. The number of phenols is 1. The molecule has 0 amide bonds. The van der Waals surface area contributed by atoms with Crippen LogP contribution in [0.4, 0.5) is 8.78 Å². The van der Waals surface area contributed by atoms with Gasteiger partial charge in [-0.3, -0.25) is 14.2 Å². The number of alkyl halides is 2. The van der Waals surface area contributed by atoms with Gasteiger partial charge in [0.25, 0.3) is 5.91 Å². The zero-order valence-corrected chi connectivity index (χ0v) is 17.1. The molecule has 0 aliphatic rings. The Morgan fingerprint density at radius 1 is 1.13 bits per heavy atom. The van der Waals surface area contributed by atoms with E-state index in [0.29, 0.717) is 35.0 Å². The van der Waals surface area contributed by atoms with Gasteiger partial charge in [-0.05, 0) is 61.4 Å². The maximum atomic E-state index is 13.3. The molecule has 31 heavy (non-hydrogen) atoms. The zero-order chi connectivity index (χ0) is 22.7. The van der Waals surface area contributed by atoms with Crippen molar-refractivity contribution < 1.29 is 33.3 Å². The molecule has 3 rings (SSSR count). The van der Waals surface area contributed by atoms with E-state index in [4.69, 9.17) is 0 Å². The van der Waals surface area contributed by atoms with Gasteiger partial charge in [-0.2, -0.15) is 8.78 Å². The standard InChI is InChI=1S/C23H23F2NO5/c1-3-4-5-17(22(29)30)20-13(2)26(19-11-8-15(27)12-18(19)20)21(28)14-6-9-16(10-7-14)31-23(24)25/h6-12,17,23,27H,3-5H2,1-2H3,(H,29,30). The van der Waals surface area contributed by atoms with Gasteiger partial charge in [-0.15, -0.1) is 0 Å². The first-order valence-corrected chi connectivity index (χ1v) is 9.90. The van der Waals surface area contributed by atoms with Crippen molar-refractivity contribution >= 4 is 22.8 Å². The van der Waals surface area contributed by atoms with Crippen molar-refractivity contribution in [2.75, 3.05) is 0 Å². The van der Waals surface area contributed by atoms with Crippen molar-refractivity contribution in [2.45, 2.75) is 45.6 Å². The molecule has 0 spiro atoms. The van der Waals surface area contributed by atoms with E-state index in [9.17, 15) is 28.6 Å². The Morgan fingerprint density at radius 3 is 2.39 bits per heavy atom. The molecule has 0 fully saturated rings. The number of hydrogen-bond donors (Lipinski definition) is 2. The number of halogens is 2. The molecule has 0 aliphatic carbocycles. The molecule has 1 unspecified atom stereocenters. The number of fused-ring (bicyclic) bond motifs is 1. The first kappa shape index (κ1) is 22.3. The molecular formula is C23H23F2NO5. The van der Waals surface area contributed by atoms with Crippen molar-refractivity contribution in [1.82, 2.24) is 4.57 Å². The van der Waals surface area contributed by atoms with E-state index in [1.165, 1.54) is 41.0 Å². The summed E-state index contributed by atoms with van der Waals surface area (Å²) in [5.74, 6) is -2.38. The normalized spacial score (nSPS) is 12.3. The number of rotatable bonds is 8. The fourth-order valence-corrected chi connectivity index (χ4v) is 3.84. The van der Waals surface area contributed by atoms with E-state index in [1.807, 2.05) is 6.92 Å². The number of aromatic hydroxyl groups is 1. The van der Waals surface area contributed by atoms with Crippen molar-refractivity contribution in [1.29, 1.82) is 0 Å². The Morgan fingerprint density at radius 2 is 1.81 bits per heavy atom. The Kier molecular flexibility index (Phi) is 6.58. The van der Waals surface area contributed by atoms with Crippen LogP contribution in [-0.4, -0.2) is 33.3 Å². The number of benzene rings is 2. The lowest BCUT2D eigenvalue weighted by Crippen LogP contribution is -2.16. The van der Waals surface area contributed by atoms with E-state index >= 15 is 0 Å². The smallest absolute Gasteiger partial charge is 0.387 e. The predicted molar refractivity (Wildman–Crippen MR) is 111 cm³/mol. The van der Waals surface area contributed by atoms with Crippen LogP contribution < -0.4 is 4.74 Å². The van der Waals surface area contributed by atoms with Gasteiger partial charge in [0, 0.05) is 16.6 Å². The van der Waals surface area contributed by atoms with Gasteiger partial charge in [0.15, 0.2) is 0 Å². The van der Waals surface area contributed by atoms with Crippen LogP contribution in [0.3, 0.4) is 0 Å². The molecule has 6 nitrogen and oxygen atoms in total. The number of aromatic nitrogens is 1. The number of unbranched alkanes of at least 4 members (excludes halogenated alkanes) is 1. The maximum Gasteiger partial charge on any atom is 0.387 e. The molecular weight excluding hydrogens is 408 g/mol. The summed E-state index contributed by atoms with van der Waals surface area (Å²) >= 11 is 0. The number of hydrogen-bond acceptors (Lipinski definition) is 4. The summed E-state index contributed by atoms with van der Waals surface area (Å²) in [6.07, 6.45) is 1.91. The van der Waals surface area contributed by atoms with Crippen LogP contribution in [0, 0.1) is 6.92 Å². The fraction of sp³-hybridized carbons (Fsp3) is 0.304. The Labute approximate surface area is 177 Å². The molecule has 0 aliphatic heterocycles. The van der Waals surface area contributed by atoms with Gasteiger partial charge in [0.1, 0.15) is 11.5 Å². The molecule has 8 heteroatoms. The Hall–Kier alpha value is -3.42. The van der Waals surface area contributed by atoms with E-state index in [-0.39, 0.29) is 17.1 Å². The Bertz CT molecular complexity index is 1110. The van der Waals surface area contributed by atoms with Crippen LogP contribution in [0.15, 0.2) is 42.5 Å². The van der Waals surface area contributed by atoms with E-state index in [2.05, 4.69) is 4.74 Å². The summed E-state index contributed by atoms with van der Waals surface area (Å²) in [5.41, 5.74) is 1.63. The summed E-state index contributed by atoms with van der Waals surface area (Å²) in [6.45, 7) is 0.662. The molecule has 2 N–H and O–H groups in total. The largest absolute Gasteiger partial charge is 0.508 e. The van der Waals surface area contributed by atoms with E-state index < -0.39 is 24.4 Å². The second kappa shape index (κ2) is 9.16. The highest BCUT2D eigenvalue weighted by atomic mass is 19.3. The van der Waals surface area contributed by atoms with Gasteiger partial charge < -0.3 is 14.9 Å². The van der Waals surface area contributed by atoms with E-state index in [1.54, 1.807) is 13.0 Å². The third-order valence-corrected chi connectivity index (χ3v) is 5.26. The first-order valence-electron chi connectivity index (χ1n) is 9.90. The summed E-state index contributed by atoms with van der Waals surface area (Å²) in [7, 11) is 0. The van der Waals surface area contributed by atoms with E-state index in [0.717, 1.165) is 6.42 Å². The highest BCUT2D eigenvalue weighted by Gasteiger charge is 2.29. The number of nitrogens with zero attached hydrogens (tertiary/aromatic N) is 1. The zero-order valence-electron chi connectivity index (χ0n) is 17.1. The SMILES string of the molecule is CCCCC(C(=O)O)c1c(C)n(C(=O)c2ccc(OC(F)F)cc2)c2ccc(O)cc12. The maximum absolute atomic E-state index is 13.3. The van der Waals surface area contributed by atoms with Crippen LogP contribution in [0.25, 0.3) is 10.9 Å². The van der Waals surface area contributed by atoms with Gasteiger partial charge in [-0.25, -0.2) is 0 Å². The lowest BCUT2D eigenvalue weighted by atomic mass is 9.91. The van der Waals surface area contributed by atoms with Gasteiger partial charge in [0.05, 0.1) is 11.4 Å². The van der Waals surface area contributed by atoms with Crippen molar-refractivity contribution in [3.05, 3.63) is 59.3 Å². The molecule has 0 saturated heterocycles. The summed E-state index contributed by atoms with van der Waals surface area (Å²) in [4.78, 5) is 25.3. The minimum atomic E-state index is -2.97. The van der Waals surface area contributed by atoms with Gasteiger partial charge in [0.2, 0.25) is 0 Å². The molecule has 0 bridgehead atoms. The first-order chi connectivity index (χ1) is 14.7. The van der Waals surface area contributed by atoms with Gasteiger partial charge >= 0.3 is 12.6 Å². The van der Waals surface area contributed by atoms with Gasteiger partial charge in [-0.1, -0.05) is 19.8 Å². The number of carboxylic acid groups (broad SMARTS) is 1. The summed E-state index contributed by atoms with van der Waals surface area (Å²) in [5, 5.41) is 20.3. The molecule has 3 aromatic rings. The third-order valence-electron chi connectivity index (χ3n) is 5.26. The van der Waals surface area contributed by atoms with Crippen LogP contribution >= 0.6 is 0 Å². The average Bonchev–Trinajstić information content (AvgIpc) is 2.99. The fourth-order valence-electron chi connectivity index (χ4n) is 3.84. The molecule has 0 radical (unpaired) electrons. The summed E-state index contributed by atoms with van der Waals surface area (Å²) < 4.78 is 30.5. The number of carbonyl (C=O) groups excluding carboxylic acids is 1. The van der Waals surface area contributed by atoms with Crippen molar-refractivity contribution in [2.24, 2.45) is 0 Å². The highest BCUT2D eigenvalue weighted by Crippen LogP contribution is 2.37.